The number of carbonyl (C=O) groups is 3. The summed E-state index contributed by atoms with van der Waals surface area (Å²) in [5, 5.41) is 10.2. The highest BCUT2D eigenvalue weighted by Gasteiger charge is 2.57. The molecule has 2 aromatic rings. The van der Waals surface area contributed by atoms with Crippen LogP contribution >= 0.6 is 0 Å². The predicted molar refractivity (Wildman–Crippen MR) is 113 cm³/mol. The van der Waals surface area contributed by atoms with Crippen LogP contribution in [0, 0.1) is 29.6 Å². The van der Waals surface area contributed by atoms with Gasteiger partial charge in [-0.25, -0.2) is 0 Å². The first-order valence-corrected chi connectivity index (χ1v) is 11.3. The van der Waals surface area contributed by atoms with E-state index < -0.39 is 41.9 Å². The smallest absolute Gasteiger partial charge is 0.313 e. The minimum atomic E-state index is -1.01. The Morgan fingerprint density at radius 1 is 0.906 bits per heavy atom. The van der Waals surface area contributed by atoms with Crippen molar-refractivity contribution in [3.05, 3.63) is 70.8 Å². The predicted octanol–water partition coefficient (Wildman–Crippen LogP) is 3.68. The van der Waals surface area contributed by atoms with E-state index in [4.69, 9.17) is 9.47 Å². The number of carboxylic acids is 1. The second-order valence-electron chi connectivity index (χ2n) is 9.66. The van der Waals surface area contributed by atoms with Crippen molar-refractivity contribution in [1.82, 2.24) is 0 Å². The molecule has 1 saturated carbocycles. The summed E-state index contributed by atoms with van der Waals surface area (Å²) in [7, 11) is 0. The van der Waals surface area contributed by atoms with Crippen molar-refractivity contribution in [1.29, 1.82) is 0 Å². The Hall–Kier alpha value is -3.15. The van der Waals surface area contributed by atoms with Gasteiger partial charge >= 0.3 is 17.9 Å². The van der Waals surface area contributed by atoms with E-state index in [1.165, 1.54) is 0 Å². The van der Waals surface area contributed by atoms with Crippen LogP contribution in [-0.2, 0) is 23.9 Å². The molecule has 0 spiro atoms. The molecule has 0 amide bonds. The van der Waals surface area contributed by atoms with Crippen LogP contribution in [0.1, 0.15) is 53.9 Å². The van der Waals surface area contributed by atoms with Gasteiger partial charge in [0.2, 0.25) is 6.29 Å². The highest BCUT2D eigenvalue weighted by atomic mass is 16.7. The Morgan fingerprint density at radius 3 is 1.97 bits per heavy atom. The molecule has 2 fully saturated rings. The van der Waals surface area contributed by atoms with Crippen LogP contribution in [0.3, 0.4) is 0 Å². The van der Waals surface area contributed by atoms with E-state index in [2.05, 4.69) is 0 Å². The van der Waals surface area contributed by atoms with E-state index in [9.17, 15) is 19.5 Å². The molecule has 164 valence electrons. The van der Waals surface area contributed by atoms with E-state index >= 15 is 0 Å². The number of ether oxygens (including phenoxy) is 2. The van der Waals surface area contributed by atoms with E-state index in [1.54, 1.807) is 0 Å². The molecule has 6 unspecified atom stereocenters. The molecule has 5 aliphatic rings. The summed E-state index contributed by atoms with van der Waals surface area (Å²) >= 11 is 0. The Balaban J connectivity index is 1.40. The lowest BCUT2D eigenvalue weighted by molar-refractivity contribution is -0.211. The Kier molecular flexibility index (Phi) is 4.23. The van der Waals surface area contributed by atoms with Crippen molar-refractivity contribution in [2.75, 3.05) is 0 Å². The van der Waals surface area contributed by atoms with E-state index in [0.29, 0.717) is 6.42 Å². The number of aliphatic carboxylic acids is 1. The number of esters is 2. The van der Waals surface area contributed by atoms with Gasteiger partial charge in [-0.2, -0.15) is 0 Å². The lowest BCUT2D eigenvalue weighted by atomic mass is 9.54. The Labute approximate surface area is 185 Å². The molecule has 1 heterocycles. The molecule has 6 nitrogen and oxygen atoms in total. The molecule has 4 bridgehead atoms. The van der Waals surface area contributed by atoms with Crippen molar-refractivity contribution >= 4 is 17.9 Å². The zero-order chi connectivity index (χ0) is 22.1. The van der Waals surface area contributed by atoms with Gasteiger partial charge < -0.3 is 14.6 Å². The third-order valence-corrected chi connectivity index (χ3v) is 8.07. The van der Waals surface area contributed by atoms with Crippen molar-refractivity contribution in [3.8, 4) is 0 Å². The third kappa shape index (κ3) is 2.61. The first-order chi connectivity index (χ1) is 15.5. The molecule has 32 heavy (non-hydrogen) atoms. The van der Waals surface area contributed by atoms with Gasteiger partial charge in [0.15, 0.2) is 0 Å². The summed E-state index contributed by atoms with van der Waals surface area (Å²) in [6, 6.07) is 15.5. The van der Waals surface area contributed by atoms with E-state index in [1.807, 2.05) is 55.5 Å². The lowest BCUT2D eigenvalue weighted by Gasteiger charge is -2.48. The summed E-state index contributed by atoms with van der Waals surface area (Å²) in [5.41, 5.74) is 3.88. The zero-order valence-corrected chi connectivity index (χ0v) is 17.6. The number of benzene rings is 2. The maximum absolute atomic E-state index is 13.6. The summed E-state index contributed by atoms with van der Waals surface area (Å²) in [5.74, 6) is -4.53. The molecular weight excluding hydrogens is 408 g/mol. The molecule has 2 aromatic carbocycles. The van der Waals surface area contributed by atoms with Crippen LogP contribution in [-0.4, -0.2) is 29.3 Å². The number of hydrogen-bond donors (Lipinski definition) is 1. The van der Waals surface area contributed by atoms with Gasteiger partial charge in [-0.05, 0) is 41.0 Å². The van der Waals surface area contributed by atoms with Crippen molar-refractivity contribution in [3.63, 3.8) is 0 Å². The van der Waals surface area contributed by atoms with Crippen LogP contribution in [0.25, 0.3) is 0 Å². The number of carboxylic acid groups (broad SMARTS) is 1. The normalized spacial score (nSPS) is 36.1. The molecule has 0 aromatic heterocycles. The number of cyclic esters (lactones) is 1. The van der Waals surface area contributed by atoms with Gasteiger partial charge in [0, 0.05) is 17.8 Å². The van der Waals surface area contributed by atoms with Crippen LogP contribution < -0.4 is 0 Å². The summed E-state index contributed by atoms with van der Waals surface area (Å²) in [4.78, 5) is 38.4. The van der Waals surface area contributed by atoms with Crippen molar-refractivity contribution in [2.24, 2.45) is 29.6 Å². The van der Waals surface area contributed by atoms with Crippen molar-refractivity contribution < 1.29 is 29.0 Å². The maximum Gasteiger partial charge on any atom is 0.313 e. The fourth-order valence-corrected chi connectivity index (χ4v) is 6.72. The van der Waals surface area contributed by atoms with Gasteiger partial charge in [0.1, 0.15) is 0 Å². The Morgan fingerprint density at radius 2 is 1.44 bits per heavy atom. The second-order valence-corrected chi connectivity index (χ2v) is 9.66. The first-order valence-electron chi connectivity index (χ1n) is 11.3. The molecule has 1 aliphatic heterocycles. The van der Waals surface area contributed by atoms with Gasteiger partial charge in [0.25, 0.3) is 0 Å². The second kappa shape index (κ2) is 6.92. The summed E-state index contributed by atoms with van der Waals surface area (Å²) in [6.07, 6.45) is 0.485. The van der Waals surface area contributed by atoms with Gasteiger partial charge in [0.05, 0.1) is 17.8 Å². The first kappa shape index (κ1) is 19.5. The molecule has 7 rings (SSSR count). The Bertz CT molecular complexity index is 1090. The fraction of sp³-hybridized carbons (Fsp3) is 0.423. The minimum absolute atomic E-state index is 0.0275. The number of fused-ring (bicyclic) bond motifs is 3. The quantitative estimate of drug-likeness (QED) is 0.744. The highest BCUT2D eigenvalue weighted by Crippen LogP contribution is 2.58. The molecule has 0 radical (unpaired) electrons. The number of hydrogen-bond acceptors (Lipinski definition) is 5. The fourth-order valence-electron chi connectivity index (χ4n) is 6.72. The van der Waals surface area contributed by atoms with Crippen LogP contribution in [0.2, 0.25) is 0 Å². The maximum atomic E-state index is 13.6. The lowest BCUT2D eigenvalue weighted by Crippen LogP contribution is -2.49. The zero-order valence-electron chi connectivity index (χ0n) is 17.6. The third-order valence-electron chi connectivity index (χ3n) is 8.07. The van der Waals surface area contributed by atoms with Gasteiger partial charge in [-0.3, -0.25) is 14.4 Å². The highest BCUT2D eigenvalue weighted by molar-refractivity contribution is 5.87. The van der Waals surface area contributed by atoms with E-state index in [0.717, 1.165) is 28.7 Å². The topological polar surface area (TPSA) is 89.9 Å². The largest absolute Gasteiger partial charge is 0.481 e. The monoisotopic (exact) mass is 432 g/mol. The molecule has 6 atom stereocenters. The minimum Gasteiger partial charge on any atom is -0.481 e. The van der Waals surface area contributed by atoms with E-state index in [-0.39, 0.29) is 23.7 Å². The number of carbonyl (C=O) groups excluding carboxylic acids is 2. The number of rotatable bonds is 3. The van der Waals surface area contributed by atoms with Crippen LogP contribution in [0.4, 0.5) is 0 Å². The average molecular weight is 432 g/mol. The standard InChI is InChI=1S/C26H24O6/c1-12-10-13-11-18(12)24(29)31-26(13)32-25(30)22-20-16-8-4-2-6-14(16)19(21(22)23(27)28)15-7-3-5-9-17(15)20/h2-9,12-13,18-22,26H,10-11H2,1H3,(H,27,28). The van der Waals surface area contributed by atoms with Crippen LogP contribution in [0.15, 0.2) is 48.5 Å². The average Bonchev–Trinajstić information content (AvgIpc) is 3.14. The van der Waals surface area contributed by atoms with Gasteiger partial charge in [-0.1, -0.05) is 55.5 Å². The molecule has 6 heteroatoms. The molecule has 4 aliphatic carbocycles. The SMILES string of the molecule is CC1CC2CC1C(=O)OC2OC(=O)C1C2c3ccccc3C(c3ccccc32)C1C(=O)O. The van der Waals surface area contributed by atoms with Gasteiger partial charge in [-0.15, -0.1) is 0 Å². The van der Waals surface area contributed by atoms with Crippen molar-refractivity contribution in [2.45, 2.75) is 37.9 Å². The summed E-state index contributed by atoms with van der Waals surface area (Å²) in [6.45, 7) is 2.02. The van der Waals surface area contributed by atoms with Crippen LogP contribution in [0.5, 0.6) is 0 Å². The molecular formula is C26H24O6. The summed E-state index contributed by atoms with van der Waals surface area (Å²) < 4.78 is 11.3. The molecule has 1 N–H and O–H groups in total. The molecule has 1 saturated heterocycles.